The lowest BCUT2D eigenvalue weighted by atomic mass is 10.1. The highest BCUT2D eigenvalue weighted by molar-refractivity contribution is 7.98. The molecule has 0 radical (unpaired) electrons. The van der Waals surface area contributed by atoms with Gasteiger partial charge in [0.25, 0.3) is 0 Å². The average Bonchev–Trinajstić information content (AvgIpc) is 3.27. The number of amides is 1. The molecule has 8 heteroatoms. The summed E-state index contributed by atoms with van der Waals surface area (Å²) < 4.78 is 21.1. The predicted octanol–water partition coefficient (Wildman–Crippen LogP) is 5.37. The third-order valence-corrected chi connectivity index (χ3v) is 6.71. The van der Waals surface area contributed by atoms with Crippen molar-refractivity contribution in [2.75, 3.05) is 7.11 Å². The molecule has 1 amide bonds. The van der Waals surface area contributed by atoms with Crippen LogP contribution in [0.25, 0.3) is 6.08 Å². The van der Waals surface area contributed by atoms with Crippen LogP contribution in [0.5, 0.6) is 5.75 Å². The fraction of sp³-hybridized carbons (Fsp3) is 0.179. The molecule has 36 heavy (non-hydrogen) atoms. The first kappa shape index (κ1) is 25.2. The van der Waals surface area contributed by atoms with E-state index in [0.717, 1.165) is 16.9 Å². The number of ether oxygens (including phenoxy) is 1. The van der Waals surface area contributed by atoms with Gasteiger partial charge in [0.2, 0.25) is 5.91 Å². The van der Waals surface area contributed by atoms with Crippen LogP contribution in [0.2, 0.25) is 0 Å². The molecule has 6 nitrogen and oxygen atoms in total. The Morgan fingerprint density at radius 2 is 1.78 bits per heavy atom. The van der Waals surface area contributed by atoms with Crippen LogP contribution in [-0.4, -0.2) is 27.8 Å². The molecule has 1 N–H and O–H groups in total. The third-order valence-electron chi connectivity index (χ3n) is 5.64. The largest absolute Gasteiger partial charge is 0.497 e. The predicted molar refractivity (Wildman–Crippen MR) is 140 cm³/mol. The number of nitrogens with zero attached hydrogens (tertiary/aromatic N) is 3. The van der Waals surface area contributed by atoms with Crippen molar-refractivity contribution in [3.05, 3.63) is 113 Å². The molecule has 0 aliphatic heterocycles. The second-order valence-electron chi connectivity index (χ2n) is 8.14. The van der Waals surface area contributed by atoms with Crippen LogP contribution < -0.4 is 10.1 Å². The van der Waals surface area contributed by atoms with Gasteiger partial charge in [-0.1, -0.05) is 72.4 Å². The summed E-state index contributed by atoms with van der Waals surface area (Å²) in [5.41, 5.74) is 2.55. The van der Waals surface area contributed by atoms with Gasteiger partial charge in [-0.3, -0.25) is 4.79 Å². The van der Waals surface area contributed by atoms with Crippen molar-refractivity contribution in [3.8, 4) is 5.75 Å². The molecule has 184 valence electrons. The minimum Gasteiger partial charge on any atom is -0.497 e. The highest BCUT2D eigenvalue weighted by Crippen LogP contribution is 2.25. The van der Waals surface area contributed by atoms with Crippen LogP contribution in [0.3, 0.4) is 0 Å². The van der Waals surface area contributed by atoms with Crippen LogP contribution in [0.4, 0.5) is 4.39 Å². The summed E-state index contributed by atoms with van der Waals surface area (Å²) in [5.74, 6) is 1.33. The van der Waals surface area contributed by atoms with E-state index < -0.39 is 6.04 Å². The van der Waals surface area contributed by atoms with Gasteiger partial charge in [-0.15, -0.1) is 10.2 Å². The first-order valence-electron chi connectivity index (χ1n) is 11.5. The number of carbonyl (C=O) groups is 1. The van der Waals surface area contributed by atoms with Gasteiger partial charge in [0.15, 0.2) is 11.0 Å². The Morgan fingerprint density at radius 3 is 2.50 bits per heavy atom. The van der Waals surface area contributed by atoms with Gasteiger partial charge in [0.05, 0.1) is 13.2 Å². The lowest BCUT2D eigenvalue weighted by Crippen LogP contribution is -2.30. The van der Waals surface area contributed by atoms with E-state index in [1.165, 1.54) is 23.9 Å². The molecule has 0 aliphatic rings. The molecule has 0 saturated carbocycles. The van der Waals surface area contributed by atoms with E-state index in [1.807, 2.05) is 72.3 Å². The Labute approximate surface area is 214 Å². The number of aromatic nitrogens is 3. The lowest BCUT2D eigenvalue weighted by Gasteiger charge is -2.18. The second kappa shape index (κ2) is 12.2. The van der Waals surface area contributed by atoms with Gasteiger partial charge in [0, 0.05) is 18.9 Å². The van der Waals surface area contributed by atoms with Gasteiger partial charge in [0.1, 0.15) is 11.6 Å². The Kier molecular flexibility index (Phi) is 8.52. The van der Waals surface area contributed by atoms with Crippen molar-refractivity contribution in [3.63, 3.8) is 0 Å². The number of halogens is 1. The van der Waals surface area contributed by atoms with Crippen LogP contribution in [0, 0.1) is 5.82 Å². The van der Waals surface area contributed by atoms with E-state index in [4.69, 9.17) is 4.74 Å². The quantitative estimate of drug-likeness (QED) is 0.233. The molecule has 0 saturated heterocycles. The molecule has 4 aromatic rings. The molecular formula is C28H27FN4O2S. The third kappa shape index (κ3) is 6.60. The van der Waals surface area contributed by atoms with Crippen molar-refractivity contribution in [1.29, 1.82) is 0 Å². The zero-order chi connectivity index (χ0) is 25.3. The van der Waals surface area contributed by atoms with Gasteiger partial charge in [-0.2, -0.15) is 0 Å². The molecule has 1 heterocycles. The lowest BCUT2D eigenvalue weighted by molar-refractivity contribution is -0.117. The van der Waals surface area contributed by atoms with Crippen molar-refractivity contribution >= 4 is 23.7 Å². The summed E-state index contributed by atoms with van der Waals surface area (Å²) in [4.78, 5) is 12.9. The smallest absolute Gasteiger partial charge is 0.244 e. The maximum Gasteiger partial charge on any atom is 0.244 e. The number of thioether (sulfide) groups is 1. The van der Waals surface area contributed by atoms with Gasteiger partial charge in [-0.05, 0) is 47.4 Å². The van der Waals surface area contributed by atoms with Gasteiger partial charge in [-0.25, -0.2) is 4.39 Å². The van der Waals surface area contributed by atoms with Crippen LogP contribution >= 0.6 is 11.8 Å². The molecule has 0 aliphatic carbocycles. The van der Waals surface area contributed by atoms with E-state index in [2.05, 4.69) is 15.5 Å². The van der Waals surface area contributed by atoms with E-state index in [9.17, 15) is 9.18 Å². The number of carbonyl (C=O) groups excluding carboxylic acids is 1. The van der Waals surface area contributed by atoms with Crippen molar-refractivity contribution in [2.24, 2.45) is 7.05 Å². The first-order chi connectivity index (χ1) is 17.5. The SMILES string of the molecule is COc1ccc(/C=C/C(=O)N[C@H](Cc2ccccc2)c2nnc(SCc3ccccc3F)n2C)cc1. The Bertz CT molecular complexity index is 1320. The molecule has 1 atom stereocenters. The van der Waals surface area contributed by atoms with E-state index in [-0.39, 0.29) is 11.7 Å². The molecule has 4 rings (SSSR count). The number of rotatable bonds is 10. The zero-order valence-electron chi connectivity index (χ0n) is 20.1. The van der Waals surface area contributed by atoms with Crippen molar-refractivity contribution < 1.29 is 13.9 Å². The highest BCUT2D eigenvalue weighted by Gasteiger charge is 2.22. The topological polar surface area (TPSA) is 69.0 Å². The Hall–Kier alpha value is -3.91. The molecule has 0 fully saturated rings. The van der Waals surface area contributed by atoms with E-state index >= 15 is 0 Å². The molecule has 0 unspecified atom stereocenters. The van der Waals surface area contributed by atoms with Crippen LogP contribution in [0.15, 0.2) is 90.1 Å². The molecule has 1 aromatic heterocycles. The number of hydrogen-bond donors (Lipinski definition) is 1. The Balaban J connectivity index is 1.50. The fourth-order valence-electron chi connectivity index (χ4n) is 3.68. The van der Waals surface area contributed by atoms with Crippen molar-refractivity contribution in [2.45, 2.75) is 23.4 Å². The molecule has 0 spiro atoms. The van der Waals surface area contributed by atoms with Crippen LogP contribution in [0.1, 0.15) is 28.6 Å². The molecular weight excluding hydrogens is 475 g/mol. The maximum atomic E-state index is 14.0. The van der Waals surface area contributed by atoms with E-state index in [0.29, 0.717) is 28.7 Å². The highest BCUT2D eigenvalue weighted by atomic mass is 32.2. The maximum absolute atomic E-state index is 14.0. The van der Waals surface area contributed by atoms with Gasteiger partial charge < -0.3 is 14.6 Å². The summed E-state index contributed by atoms with van der Waals surface area (Å²) in [7, 11) is 3.47. The number of benzene rings is 3. The average molecular weight is 503 g/mol. The second-order valence-corrected chi connectivity index (χ2v) is 9.08. The summed E-state index contributed by atoms with van der Waals surface area (Å²) in [6, 6.07) is 23.6. The fourth-order valence-corrected chi connectivity index (χ4v) is 4.58. The Morgan fingerprint density at radius 1 is 1.06 bits per heavy atom. The first-order valence-corrected chi connectivity index (χ1v) is 12.4. The summed E-state index contributed by atoms with van der Waals surface area (Å²) in [6.07, 6.45) is 3.80. The summed E-state index contributed by atoms with van der Waals surface area (Å²) in [5, 5.41) is 12.4. The van der Waals surface area contributed by atoms with E-state index in [1.54, 1.807) is 25.3 Å². The van der Waals surface area contributed by atoms with Gasteiger partial charge >= 0.3 is 0 Å². The number of hydrogen-bond acceptors (Lipinski definition) is 5. The molecule has 0 bridgehead atoms. The van der Waals surface area contributed by atoms with Crippen LogP contribution in [-0.2, 0) is 24.0 Å². The number of nitrogens with one attached hydrogen (secondary N) is 1. The van der Waals surface area contributed by atoms with Crippen molar-refractivity contribution in [1.82, 2.24) is 20.1 Å². The minimum atomic E-state index is -0.402. The number of methoxy groups -OCH3 is 1. The zero-order valence-corrected chi connectivity index (χ0v) is 20.9. The molecule has 3 aromatic carbocycles. The summed E-state index contributed by atoms with van der Waals surface area (Å²) >= 11 is 1.40. The standard InChI is InChI=1S/C28H27FN4O2S/c1-33-27(31-32-28(33)36-19-22-10-6-7-11-24(22)29)25(18-21-8-4-3-5-9-21)30-26(34)17-14-20-12-15-23(35-2)16-13-20/h3-17,25H,18-19H2,1-2H3,(H,30,34)/b17-14+/t25-/m1/s1. The summed E-state index contributed by atoms with van der Waals surface area (Å²) in [6.45, 7) is 0. The minimum absolute atomic E-state index is 0.240. The normalized spacial score (nSPS) is 12.0. The monoisotopic (exact) mass is 502 g/mol.